The summed E-state index contributed by atoms with van der Waals surface area (Å²) in [6.45, 7) is -2.84. The second-order valence-corrected chi connectivity index (χ2v) is 4.56. The fourth-order valence-electron chi connectivity index (χ4n) is 1.29. The van der Waals surface area contributed by atoms with E-state index in [2.05, 4.69) is 36.0 Å². The maximum Gasteiger partial charge on any atom is 0.387 e. The first-order valence-electron chi connectivity index (χ1n) is 5.04. The van der Waals surface area contributed by atoms with Crippen LogP contribution in [0.2, 0.25) is 5.28 Å². The van der Waals surface area contributed by atoms with E-state index in [4.69, 9.17) is 11.6 Å². The van der Waals surface area contributed by atoms with Crippen molar-refractivity contribution in [1.29, 1.82) is 0 Å². The van der Waals surface area contributed by atoms with E-state index >= 15 is 0 Å². The highest BCUT2D eigenvalue weighted by Crippen LogP contribution is 2.25. The Morgan fingerprint density at radius 1 is 1.26 bits per heavy atom. The minimum atomic E-state index is -2.84. The van der Waals surface area contributed by atoms with Crippen LogP contribution in [0.5, 0.6) is 5.75 Å². The van der Waals surface area contributed by atoms with E-state index in [1.165, 1.54) is 18.3 Å². The summed E-state index contributed by atoms with van der Waals surface area (Å²) in [5.74, 6) is 0.558. The van der Waals surface area contributed by atoms with Gasteiger partial charge in [0.1, 0.15) is 11.6 Å². The summed E-state index contributed by atoms with van der Waals surface area (Å²) in [6.07, 6.45) is 1.51. The Morgan fingerprint density at radius 3 is 2.58 bits per heavy atom. The van der Waals surface area contributed by atoms with Crippen LogP contribution < -0.4 is 10.1 Å². The topological polar surface area (TPSA) is 47.0 Å². The van der Waals surface area contributed by atoms with Gasteiger partial charge in [-0.05, 0) is 51.8 Å². The standard InChI is InChI=1S/C11H7BrClF2N3O/c12-8-5-16-10(13)18-9(8)17-6-1-3-7(4-2-6)19-11(14)15/h1-5,11H,(H,16,17,18). The van der Waals surface area contributed by atoms with Crippen LogP contribution in [0.4, 0.5) is 20.3 Å². The maximum absolute atomic E-state index is 12.0. The van der Waals surface area contributed by atoms with Crippen molar-refractivity contribution in [2.24, 2.45) is 0 Å². The number of anilines is 2. The van der Waals surface area contributed by atoms with Gasteiger partial charge in [0.2, 0.25) is 5.28 Å². The van der Waals surface area contributed by atoms with Gasteiger partial charge in [-0.15, -0.1) is 0 Å². The molecule has 0 fully saturated rings. The van der Waals surface area contributed by atoms with E-state index in [1.54, 1.807) is 12.1 Å². The highest BCUT2D eigenvalue weighted by Gasteiger charge is 2.06. The van der Waals surface area contributed by atoms with Crippen LogP contribution in [-0.4, -0.2) is 16.6 Å². The van der Waals surface area contributed by atoms with Gasteiger partial charge < -0.3 is 10.1 Å². The van der Waals surface area contributed by atoms with Gasteiger partial charge in [-0.3, -0.25) is 0 Å². The third-order valence-corrected chi connectivity index (χ3v) is 2.82. The number of nitrogens with one attached hydrogen (secondary N) is 1. The lowest BCUT2D eigenvalue weighted by Crippen LogP contribution is -2.02. The number of benzene rings is 1. The molecular formula is C11H7BrClF2N3O. The Bertz CT molecular complexity index is 568. The molecule has 1 aromatic heterocycles. The molecule has 0 aliphatic rings. The average Bonchev–Trinajstić information content (AvgIpc) is 2.35. The van der Waals surface area contributed by atoms with Crippen molar-refractivity contribution in [3.8, 4) is 5.75 Å². The molecule has 1 aromatic carbocycles. The lowest BCUT2D eigenvalue weighted by Gasteiger charge is -2.09. The number of nitrogens with zero attached hydrogens (tertiary/aromatic N) is 2. The van der Waals surface area contributed by atoms with E-state index in [1.807, 2.05) is 0 Å². The molecule has 1 N–H and O–H groups in total. The summed E-state index contributed by atoms with van der Waals surface area (Å²) in [6, 6.07) is 6.01. The average molecular weight is 351 g/mol. The van der Waals surface area contributed by atoms with Gasteiger partial charge >= 0.3 is 6.61 Å². The van der Waals surface area contributed by atoms with E-state index < -0.39 is 6.61 Å². The number of alkyl halides is 2. The highest BCUT2D eigenvalue weighted by atomic mass is 79.9. The second kappa shape index (κ2) is 6.12. The number of ether oxygens (including phenoxy) is 1. The van der Waals surface area contributed by atoms with Crippen LogP contribution in [0.3, 0.4) is 0 Å². The molecule has 2 rings (SSSR count). The molecule has 0 saturated carbocycles. The molecule has 4 nitrogen and oxygen atoms in total. The van der Waals surface area contributed by atoms with E-state index in [0.29, 0.717) is 16.0 Å². The summed E-state index contributed by atoms with van der Waals surface area (Å²) in [4.78, 5) is 7.78. The summed E-state index contributed by atoms with van der Waals surface area (Å²) >= 11 is 8.94. The SMILES string of the molecule is FC(F)Oc1ccc(Nc2nc(Cl)ncc2Br)cc1. The molecule has 0 saturated heterocycles. The largest absolute Gasteiger partial charge is 0.435 e. The van der Waals surface area contributed by atoms with Crippen molar-refractivity contribution in [2.75, 3.05) is 5.32 Å². The molecule has 0 radical (unpaired) electrons. The van der Waals surface area contributed by atoms with Crippen molar-refractivity contribution in [3.05, 3.63) is 40.2 Å². The van der Waals surface area contributed by atoms with E-state index in [9.17, 15) is 8.78 Å². The lowest BCUT2D eigenvalue weighted by molar-refractivity contribution is -0.0498. The third kappa shape index (κ3) is 4.00. The Balaban J connectivity index is 2.13. The number of rotatable bonds is 4. The lowest BCUT2D eigenvalue weighted by atomic mass is 10.3. The molecule has 2 aromatic rings. The highest BCUT2D eigenvalue weighted by molar-refractivity contribution is 9.10. The molecule has 100 valence electrons. The van der Waals surface area contributed by atoms with Gasteiger partial charge in [0.05, 0.1) is 4.47 Å². The molecule has 0 aliphatic heterocycles. The molecular weight excluding hydrogens is 343 g/mol. The van der Waals surface area contributed by atoms with Gasteiger partial charge in [-0.1, -0.05) is 0 Å². The monoisotopic (exact) mass is 349 g/mol. The summed E-state index contributed by atoms with van der Waals surface area (Å²) in [7, 11) is 0. The Morgan fingerprint density at radius 2 is 1.95 bits per heavy atom. The van der Waals surface area contributed by atoms with Crippen molar-refractivity contribution in [2.45, 2.75) is 6.61 Å². The van der Waals surface area contributed by atoms with Gasteiger partial charge in [-0.2, -0.15) is 13.8 Å². The Labute approximate surface area is 120 Å². The second-order valence-electron chi connectivity index (χ2n) is 3.36. The normalized spacial score (nSPS) is 10.6. The summed E-state index contributed by atoms with van der Waals surface area (Å²) in [5.41, 5.74) is 0.650. The molecule has 0 unspecified atom stereocenters. The number of hydrogen-bond acceptors (Lipinski definition) is 4. The summed E-state index contributed by atoms with van der Waals surface area (Å²) in [5, 5.41) is 3.07. The van der Waals surface area contributed by atoms with Crippen molar-refractivity contribution >= 4 is 39.0 Å². The molecule has 0 aliphatic carbocycles. The first-order chi connectivity index (χ1) is 9.04. The van der Waals surface area contributed by atoms with Crippen molar-refractivity contribution in [1.82, 2.24) is 9.97 Å². The Kier molecular flexibility index (Phi) is 4.49. The van der Waals surface area contributed by atoms with Crippen LogP contribution in [-0.2, 0) is 0 Å². The van der Waals surface area contributed by atoms with Gasteiger partial charge in [0.25, 0.3) is 0 Å². The molecule has 0 amide bonds. The van der Waals surface area contributed by atoms with Gasteiger partial charge in [-0.25, -0.2) is 4.98 Å². The minimum absolute atomic E-state index is 0.0836. The number of hydrogen-bond donors (Lipinski definition) is 1. The summed E-state index contributed by atoms with van der Waals surface area (Å²) < 4.78 is 28.9. The number of halogens is 4. The zero-order valence-electron chi connectivity index (χ0n) is 9.28. The molecule has 0 bridgehead atoms. The first-order valence-corrected chi connectivity index (χ1v) is 6.21. The molecule has 1 heterocycles. The molecule has 0 atom stereocenters. The quantitative estimate of drug-likeness (QED) is 0.838. The zero-order valence-corrected chi connectivity index (χ0v) is 11.6. The predicted octanol–water partition coefficient (Wildman–Crippen LogP) is 4.24. The predicted molar refractivity (Wildman–Crippen MR) is 71.1 cm³/mol. The van der Waals surface area contributed by atoms with Crippen LogP contribution in [0.1, 0.15) is 0 Å². The fraction of sp³-hybridized carbons (Fsp3) is 0.0909. The third-order valence-electron chi connectivity index (χ3n) is 2.06. The first kappa shape index (κ1) is 14.0. The van der Waals surface area contributed by atoms with E-state index in [-0.39, 0.29) is 11.0 Å². The maximum atomic E-state index is 12.0. The molecule has 19 heavy (non-hydrogen) atoms. The number of aromatic nitrogens is 2. The van der Waals surface area contributed by atoms with Gasteiger partial charge in [0, 0.05) is 11.9 Å². The van der Waals surface area contributed by atoms with Crippen LogP contribution in [0.15, 0.2) is 34.9 Å². The van der Waals surface area contributed by atoms with Crippen LogP contribution in [0, 0.1) is 0 Å². The van der Waals surface area contributed by atoms with E-state index in [0.717, 1.165) is 0 Å². The van der Waals surface area contributed by atoms with Gasteiger partial charge in [0.15, 0.2) is 0 Å². The molecule has 8 heteroatoms. The Hall–Kier alpha value is -1.47. The molecule has 0 spiro atoms. The smallest absolute Gasteiger partial charge is 0.387 e. The van der Waals surface area contributed by atoms with Crippen molar-refractivity contribution < 1.29 is 13.5 Å². The van der Waals surface area contributed by atoms with Crippen molar-refractivity contribution in [3.63, 3.8) is 0 Å². The van der Waals surface area contributed by atoms with Crippen LogP contribution in [0.25, 0.3) is 0 Å². The zero-order chi connectivity index (χ0) is 13.8. The van der Waals surface area contributed by atoms with Crippen LogP contribution >= 0.6 is 27.5 Å². The fourth-order valence-corrected chi connectivity index (χ4v) is 1.71. The minimum Gasteiger partial charge on any atom is -0.435 e.